The van der Waals surface area contributed by atoms with Gasteiger partial charge in [-0.05, 0) is 55.6 Å². The number of carbonyl (C=O) groups is 1. The van der Waals surface area contributed by atoms with Gasteiger partial charge < -0.3 is 15.3 Å². The SMILES string of the molecule is O=CNc1cnc(N2CCC(CCO)CC2)c(C2CC2)c1. The van der Waals surface area contributed by atoms with Crippen LogP contribution in [0.3, 0.4) is 0 Å². The second kappa shape index (κ2) is 6.43. The van der Waals surface area contributed by atoms with E-state index in [4.69, 9.17) is 5.11 Å². The fourth-order valence-electron chi connectivity index (χ4n) is 3.20. The first-order chi connectivity index (χ1) is 10.3. The van der Waals surface area contributed by atoms with Gasteiger partial charge in [-0.15, -0.1) is 0 Å². The highest BCUT2D eigenvalue weighted by Crippen LogP contribution is 2.45. The summed E-state index contributed by atoms with van der Waals surface area (Å²) in [7, 11) is 0. The Morgan fingerprint density at radius 2 is 2.10 bits per heavy atom. The van der Waals surface area contributed by atoms with Crippen molar-refractivity contribution in [2.24, 2.45) is 5.92 Å². The number of hydrogen-bond donors (Lipinski definition) is 2. The summed E-state index contributed by atoms with van der Waals surface area (Å²) in [6.45, 7) is 2.32. The summed E-state index contributed by atoms with van der Waals surface area (Å²) in [5.41, 5.74) is 2.06. The topological polar surface area (TPSA) is 65.5 Å². The molecule has 0 radical (unpaired) electrons. The number of piperidine rings is 1. The summed E-state index contributed by atoms with van der Waals surface area (Å²) >= 11 is 0. The summed E-state index contributed by atoms with van der Waals surface area (Å²) < 4.78 is 0. The van der Waals surface area contributed by atoms with Gasteiger partial charge in [-0.3, -0.25) is 4.79 Å². The number of amides is 1. The third-order valence-corrected chi connectivity index (χ3v) is 4.59. The maximum Gasteiger partial charge on any atom is 0.211 e. The van der Waals surface area contributed by atoms with Crippen molar-refractivity contribution < 1.29 is 9.90 Å². The van der Waals surface area contributed by atoms with Crippen molar-refractivity contribution in [3.05, 3.63) is 17.8 Å². The van der Waals surface area contributed by atoms with Crippen molar-refractivity contribution in [2.45, 2.75) is 38.0 Å². The molecule has 0 aromatic carbocycles. The predicted molar refractivity (Wildman–Crippen MR) is 82.5 cm³/mol. The van der Waals surface area contributed by atoms with Gasteiger partial charge in [0.05, 0.1) is 11.9 Å². The second-order valence-corrected chi connectivity index (χ2v) is 6.12. The molecule has 2 aliphatic rings. The lowest BCUT2D eigenvalue weighted by Crippen LogP contribution is -2.35. The number of anilines is 2. The van der Waals surface area contributed by atoms with E-state index in [1.165, 1.54) is 18.4 Å². The van der Waals surface area contributed by atoms with Crippen LogP contribution in [0.5, 0.6) is 0 Å². The Kier molecular flexibility index (Phi) is 4.39. The first kappa shape index (κ1) is 14.3. The first-order valence-electron chi connectivity index (χ1n) is 7.87. The summed E-state index contributed by atoms with van der Waals surface area (Å²) in [6, 6.07) is 2.08. The molecule has 1 saturated heterocycles. The Hall–Kier alpha value is -1.62. The zero-order chi connectivity index (χ0) is 14.7. The summed E-state index contributed by atoms with van der Waals surface area (Å²) in [5.74, 6) is 2.35. The standard InChI is InChI=1S/C16H23N3O2/c20-8-5-12-3-6-19(7-4-12)16-15(13-1-2-13)9-14(10-17-16)18-11-21/h9-13,20H,1-8H2,(H,18,21). The molecule has 0 atom stereocenters. The number of aromatic nitrogens is 1. The van der Waals surface area contributed by atoms with E-state index in [0.717, 1.165) is 43.9 Å². The van der Waals surface area contributed by atoms with Crippen molar-refractivity contribution in [3.63, 3.8) is 0 Å². The molecule has 3 rings (SSSR count). The summed E-state index contributed by atoms with van der Waals surface area (Å²) in [4.78, 5) is 17.6. The Labute approximate surface area is 125 Å². The van der Waals surface area contributed by atoms with Crippen molar-refractivity contribution in [3.8, 4) is 0 Å². The van der Waals surface area contributed by atoms with Gasteiger partial charge in [0.25, 0.3) is 0 Å². The van der Waals surface area contributed by atoms with Crippen LogP contribution in [-0.4, -0.2) is 36.2 Å². The van der Waals surface area contributed by atoms with E-state index < -0.39 is 0 Å². The van der Waals surface area contributed by atoms with Gasteiger partial charge in [0.1, 0.15) is 5.82 Å². The molecule has 0 spiro atoms. The molecule has 5 nitrogen and oxygen atoms in total. The van der Waals surface area contributed by atoms with Crippen LogP contribution in [0.25, 0.3) is 0 Å². The number of rotatable bonds is 6. The highest BCUT2D eigenvalue weighted by atomic mass is 16.3. The van der Waals surface area contributed by atoms with Crippen LogP contribution < -0.4 is 10.2 Å². The van der Waals surface area contributed by atoms with Gasteiger partial charge in [0, 0.05) is 19.7 Å². The van der Waals surface area contributed by atoms with Gasteiger partial charge in [-0.1, -0.05) is 0 Å². The quantitative estimate of drug-likeness (QED) is 0.787. The predicted octanol–water partition coefficient (Wildman–Crippen LogP) is 2.13. The van der Waals surface area contributed by atoms with E-state index in [1.54, 1.807) is 6.20 Å². The van der Waals surface area contributed by atoms with Gasteiger partial charge >= 0.3 is 0 Å². The van der Waals surface area contributed by atoms with Crippen LogP contribution in [-0.2, 0) is 4.79 Å². The van der Waals surface area contributed by atoms with Crippen LogP contribution in [0.1, 0.15) is 43.6 Å². The maximum atomic E-state index is 10.6. The summed E-state index contributed by atoms with van der Waals surface area (Å²) in [6.07, 6.45) is 8.06. The molecule has 1 aromatic rings. The lowest BCUT2D eigenvalue weighted by atomic mass is 9.93. The fourth-order valence-corrected chi connectivity index (χ4v) is 3.20. The maximum absolute atomic E-state index is 10.6. The zero-order valence-electron chi connectivity index (χ0n) is 12.3. The number of aliphatic hydroxyl groups excluding tert-OH is 1. The third-order valence-electron chi connectivity index (χ3n) is 4.59. The number of aliphatic hydroxyl groups is 1. The van der Waals surface area contributed by atoms with Crippen LogP contribution in [0.4, 0.5) is 11.5 Å². The van der Waals surface area contributed by atoms with Crippen LogP contribution >= 0.6 is 0 Å². The van der Waals surface area contributed by atoms with E-state index in [2.05, 4.69) is 21.3 Å². The highest BCUT2D eigenvalue weighted by molar-refractivity contribution is 5.72. The van der Waals surface area contributed by atoms with Crippen molar-refractivity contribution in [1.82, 2.24) is 4.98 Å². The van der Waals surface area contributed by atoms with E-state index in [9.17, 15) is 4.79 Å². The number of pyridine rings is 1. The Morgan fingerprint density at radius 1 is 1.33 bits per heavy atom. The Balaban J connectivity index is 1.74. The van der Waals surface area contributed by atoms with Crippen LogP contribution in [0.2, 0.25) is 0 Å². The van der Waals surface area contributed by atoms with Crippen molar-refractivity contribution in [1.29, 1.82) is 0 Å². The molecule has 5 heteroatoms. The zero-order valence-corrected chi connectivity index (χ0v) is 12.3. The van der Waals surface area contributed by atoms with E-state index in [0.29, 0.717) is 24.9 Å². The first-order valence-corrected chi connectivity index (χ1v) is 7.87. The van der Waals surface area contributed by atoms with Crippen LogP contribution in [0, 0.1) is 5.92 Å². The molecule has 1 aromatic heterocycles. The van der Waals surface area contributed by atoms with Gasteiger partial charge in [0.2, 0.25) is 6.41 Å². The fraction of sp³-hybridized carbons (Fsp3) is 0.625. The molecule has 1 amide bonds. The molecule has 114 valence electrons. The number of nitrogens with one attached hydrogen (secondary N) is 1. The average molecular weight is 289 g/mol. The lowest BCUT2D eigenvalue weighted by Gasteiger charge is -2.34. The molecule has 2 heterocycles. The molecule has 21 heavy (non-hydrogen) atoms. The molecular weight excluding hydrogens is 266 g/mol. The molecule has 1 aliphatic heterocycles. The number of nitrogens with zero attached hydrogens (tertiary/aromatic N) is 2. The smallest absolute Gasteiger partial charge is 0.211 e. The normalized spacial score (nSPS) is 19.6. The molecule has 2 fully saturated rings. The van der Waals surface area contributed by atoms with E-state index >= 15 is 0 Å². The minimum Gasteiger partial charge on any atom is -0.396 e. The van der Waals surface area contributed by atoms with Gasteiger partial charge in [-0.25, -0.2) is 4.98 Å². The largest absolute Gasteiger partial charge is 0.396 e. The molecular formula is C16H23N3O2. The Bertz CT molecular complexity index is 494. The Morgan fingerprint density at radius 3 is 2.71 bits per heavy atom. The van der Waals surface area contributed by atoms with Crippen molar-refractivity contribution in [2.75, 3.05) is 29.9 Å². The minimum absolute atomic E-state index is 0.294. The van der Waals surface area contributed by atoms with Crippen LogP contribution in [0.15, 0.2) is 12.3 Å². The molecule has 1 aliphatic carbocycles. The van der Waals surface area contributed by atoms with E-state index in [-0.39, 0.29) is 0 Å². The molecule has 2 N–H and O–H groups in total. The summed E-state index contributed by atoms with van der Waals surface area (Å²) in [5, 5.41) is 11.7. The monoisotopic (exact) mass is 289 g/mol. The molecule has 0 bridgehead atoms. The molecule has 0 unspecified atom stereocenters. The van der Waals surface area contributed by atoms with E-state index in [1.807, 2.05) is 0 Å². The van der Waals surface area contributed by atoms with Crippen molar-refractivity contribution >= 4 is 17.9 Å². The minimum atomic E-state index is 0.294. The number of hydrogen-bond acceptors (Lipinski definition) is 4. The molecule has 1 saturated carbocycles. The second-order valence-electron chi connectivity index (χ2n) is 6.12. The number of carbonyl (C=O) groups excluding carboxylic acids is 1. The van der Waals surface area contributed by atoms with Gasteiger partial charge in [0.15, 0.2) is 0 Å². The lowest BCUT2D eigenvalue weighted by molar-refractivity contribution is -0.105. The van der Waals surface area contributed by atoms with Gasteiger partial charge in [-0.2, -0.15) is 0 Å². The third kappa shape index (κ3) is 3.35. The average Bonchev–Trinajstić information content (AvgIpc) is 3.34. The highest BCUT2D eigenvalue weighted by Gasteiger charge is 2.30.